The summed E-state index contributed by atoms with van der Waals surface area (Å²) in [6, 6.07) is 4.32. The highest BCUT2D eigenvalue weighted by Crippen LogP contribution is 2.22. The number of carbonyl (C=O) groups is 1. The molecular weight excluding hydrogens is 284 g/mol. The highest BCUT2D eigenvalue weighted by Gasteiger charge is 2.19. The maximum atomic E-state index is 12.2. The van der Waals surface area contributed by atoms with Gasteiger partial charge in [0.25, 0.3) is 0 Å². The lowest BCUT2D eigenvalue weighted by Crippen LogP contribution is -2.41. The van der Waals surface area contributed by atoms with Crippen LogP contribution in [0.25, 0.3) is 0 Å². The van der Waals surface area contributed by atoms with E-state index in [0.717, 1.165) is 26.1 Å². The zero-order valence-corrected chi connectivity index (χ0v) is 13.2. The van der Waals surface area contributed by atoms with E-state index in [1.165, 1.54) is 24.2 Å². The van der Waals surface area contributed by atoms with E-state index in [9.17, 15) is 4.79 Å². The molecule has 5 nitrogen and oxygen atoms in total. The van der Waals surface area contributed by atoms with Gasteiger partial charge in [0.15, 0.2) is 0 Å². The molecule has 0 radical (unpaired) electrons. The van der Waals surface area contributed by atoms with Crippen LogP contribution < -0.4 is 10.6 Å². The first-order valence-electron chi connectivity index (χ1n) is 7.46. The van der Waals surface area contributed by atoms with Gasteiger partial charge in [-0.05, 0) is 43.8 Å². The van der Waals surface area contributed by atoms with Crippen LogP contribution in [0.2, 0.25) is 0 Å². The first kappa shape index (κ1) is 16.0. The summed E-state index contributed by atoms with van der Waals surface area (Å²) in [5.74, 6) is -0.0413. The van der Waals surface area contributed by atoms with E-state index in [4.69, 9.17) is 5.26 Å². The van der Waals surface area contributed by atoms with Crippen LogP contribution in [0.1, 0.15) is 31.7 Å². The third-order valence-corrected chi connectivity index (χ3v) is 4.42. The fraction of sp³-hybridized carbons (Fsp3) is 0.600. The Labute approximate surface area is 129 Å². The van der Waals surface area contributed by atoms with E-state index in [1.54, 1.807) is 6.07 Å². The number of thiophene rings is 1. The van der Waals surface area contributed by atoms with Crippen LogP contribution in [0.4, 0.5) is 5.00 Å². The van der Waals surface area contributed by atoms with E-state index in [-0.39, 0.29) is 5.91 Å². The number of hydrogen-bond donors (Lipinski definition) is 2. The van der Waals surface area contributed by atoms with Crippen molar-refractivity contribution >= 4 is 22.2 Å². The molecule has 1 aromatic rings. The Morgan fingerprint density at radius 2 is 2.52 bits per heavy atom. The Morgan fingerprint density at radius 3 is 3.19 bits per heavy atom. The molecule has 1 unspecified atom stereocenters. The molecule has 0 saturated carbocycles. The predicted molar refractivity (Wildman–Crippen MR) is 85.4 cm³/mol. The Hall–Kier alpha value is -1.42. The van der Waals surface area contributed by atoms with Crippen LogP contribution >= 0.6 is 11.3 Å². The molecule has 2 heterocycles. The van der Waals surface area contributed by atoms with Crippen molar-refractivity contribution in [3.8, 4) is 6.07 Å². The highest BCUT2D eigenvalue weighted by molar-refractivity contribution is 7.14. The SMILES string of the molecule is CCCN(CC(=O)Nc1sccc1C#N)CC1CCCN1. The summed E-state index contributed by atoms with van der Waals surface area (Å²) < 4.78 is 0. The molecule has 0 aromatic carbocycles. The van der Waals surface area contributed by atoms with E-state index < -0.39 is 0 Å². The van der Waals surface area contributed by atoms with Gasteiger partial charge in [0, 0.05) is 12.6 Å². The van der Waals surface area contributed by atoms with Gasteiger partial charge in [-0.1, -0.05) is 6.92 Å². The summed E-state index contributed by atoms with van der Waals surface area (Å²) in [7, 11) is 0. The zero-order chi connectivity index (χ0) is 15.1. The standard InChI is InChI=1S/C15H22N4OS/c1-2-7-19(10-13-4-3-6-17-13)11-14(20)18-15-12(9-16)5-8-21-15/h5,8,13,17H,2-4,6-7,10-11H2,1H3,(H,18,20). The Balaban J connectivity index is 1.87. The van der Waals surface area contributed by atoms with Gasteiger partial charge in [-0.25, -0.2) is 0 Å². The molecule has 1 aliphatic heterocycles. The topological polar surface area (TPSA) is 68.2 Å². The molecule has 6 heteroatoms. The van der Waals surface area contributed by atoms with Crippen molar-refractivity contribution in [1.82, 2.24) is 10.2 Å². The van der Waals surface area contributed by atoms with Crippen molar-refractivity contribution in [1.29, 1.82) is 5.26 Å². The summed E-state index contributed by atoms with van der Waals surface area (Å²) in [5, 5.41) is 17.8. The van der Waals surface area contributed by atoms with Crippen LogP contribution in [0.3, 0.4) is 0 Å². The van der Waals surface area contributed by atoms with Gasteiger partial charge in [0.1, 0.15) is 11.1 Å². The van der Waals surface area contributed by atoms with Crippen molar-refractivity contribution in [3.05, 3.63) is 17.0 Å². The molecule has 0 aliphatic carbocycles. The second-order valence-electron chi connectivity index (χ2n) is 5.35. The van der Waals surface area contributed by atoms with Crippen LogP contribution in [-0.2, 0) is 4.79 Å². The number of hydrogen-bond acceptors (Lipinski definition) is 5. The van der Waals surface area contributed by atoms with Crippen molar-refractivity contribution in [3.63, 3.8) is 0 Å². The van der Waals surface area contributed by atoms with Crippen LogP contribution in [-0.4, -0.2) is 43.0 Å². The van der Waals surface area contributed by atoms with E-state index in [1.807, 2.05) is 5.38 Å². The molecule has 21 heavy (non-hydrogen) atoms. The van der Waals surface area contributed by atoms with Gasteiger partial charge in [-0.3, -0.25) is 9.69 Å². The minimum absolute atomic E-state index is 0.0413. The lowest BCUT2D eigenvalue weighted by atomic mass is 10.2. The van der Waals surface area contributed by atoms with Gasteiger partial charge < -0.3 is 10.6 Å². The molecule has 1 fully saturated rings. The predicted octanol–water partition coefficient (Wildman–Crippen LogP) is 2.02. The van der Waals surface area contributed by atoms with Crippen molar-refractivity contribution in [2.45, 2.75) is 32.2 Å². The largest absolute Gasteiger partial charge is 0.315 e. The van der Waals surface area contributed by atoms with E-state index in [2.05, 4.69) is 28.5 Å². The first-order chi connectivity index (χ1) is 10.2. The van der Waals surface area contributed by atoms with Crippen molar-refractivity contribution in [2.75, 3.05) is 31.5 Å². The zero-order valence-electron chi connectivity index (χ0n) is 12.4. The quantitative estimate of drug-likeness (QED) is 0.809. The molecule has 1 amide bonds. The maximum Gasteiger partial charge on any atom is 0.239 e. The summed E-state index contributed by atoms with van der Waals surface area (Å²) in [4.78, 5) is 14.4. The Bertz CT molecular complexity index is 502. The third-order valence-electron chi connectivity index (χ3n) is 3.59. The van der Waals surface area contributed by atoms with Gasteiger partial charge in [-0.15, -0.1) is 11.3 Å². The van der Waals surface area contributed by atoms with E-state index >= 15 is 0 Å². The second-order valence-corrected chi connectivity index (χ2v) is 6.27. The lowest BCUT2D eigenvalue weighted by molar-refractivity contribution is -0.117. The number of nitrogens with zero attached hydrogens (tertiary/aromatic N) is 2. The molecule has 1 atom stereocenters. The fourth-order valence-corrected chi connectivity index (χ4v) is 3.39. The number of amides is 1. The van der Waals surface area contributed by atoms with Gasteiger partial charge in [0.05, 0.1) is 12.1 Å². The molecule has 114 valence electrons. The highest BCUT2D eigenvalue weighted by atomic mass is 32.1. The third kappa shape index (κ3) is 4.81. The second kappa shape index (κ2) is 8.13. The molecule has 2 N–H and O–H groups in total. The summed E-state index contributed by atoms with van der Waals surface area (Å²) in [6.07, 6.45) is 3.44. The van der Waals surface area contributed by atoms with Gasteiger partial charge in [-0.2, -0.15) is 5.26 Å². The minimum Gasteiger partial charge on any atom is -0.315 e. The smallest absolute Gasteiger partial charge is 0.239 e. The van der Waals surface area contributed by atoms with Gasteiger partial charge in [0.2, 0.25) is 5.91 Å². The number of nitrogens with one attached hydrogen (secondary N) is 2. The number of carbonyl (C=O) groups excluding carboxylic acids is 1. The first-order valence-corrected chi connectivity index (χ1v) is 8.34. The monoisotopic (exact) mass is 306 g/mol. The molecule has 0 bridgehead atoms. The summed E-state index contributed by atoms with van der Waals surface area (Å²) in [6.45, 7) is 5.42. The molecular formula is C15H22N4OS. The van der Waals surface area contributed by atoms with Crippen molar-refractivity contribution < 1.29 is 4.79 Å². The van der Waals surface area contributed by atoms with Crippen LogP contribution in [0.5, 0.6) is 0 Å². The van der Waals surface area contributed by atoms with Crippen LogP contribution in [0.15, 0.2) is 11.4 Å². The lowest BCUT2D eigenvalue weighted by Gasteiger charge is -2.24. The molecule has 1 saturated heterocycles. The maximum absolute atomic E-state index is 12.2. The average Bonchev–Trinajstić information content (AvgIpc) is 3.10. The number of rotatable bonds is 7. The number of anilines is 1. The molecule has 1 aliphatic rings. The number of nitriles is 1. The molecule has 0 spiro atoms. The Morgan fingerprint density at radius 1 is 1.67 bits per heavy atom. The van der Waals surface area contributed by atoms with Crippen molar-refractivity contribution in [2.24, 2.45) is 0 Å². The minimum atomic E-state index is -0.0413. The van der Waals surface area contributed by atoms with Crippen LogP contribution in [0, 0.1) is 11.3 Å². The average molecular weight is 306 g/mol. The molecule has 2 rings (SSSR count). The molecule has 1 aromatic heterocycles. The van der Waals surface area contributed by atoms with E-state index in [0.29, 0.717) is 23.2 Å². The summed E-state index contributed by atoms with van der Waals surface area (Å²) in [5.41, 5.74) is 0.535. The fourth-order valence-electron chi connectivity index (χ4n) is 2.64. The van der Waals surface area contributed by atoms with Gasteiger partial charge >= 0.3 is 0 Å². The summed E-state index contributed by atoms with van der Waals surface area (Å²) >= 11 is 1.39. The normalized spacial score (nSPS) is 17.9. The Kier molecular flexibility index (Phi) is 6.18.